The van der Waals surface area contributed by atoms with Gasteiger partial charge in [0, 0.05) is 68.2 Å². The van der Waals surface area contributed by atoms with Crippen molar-refractivity contribution in [3.63, 3.8) is 0 Å². The molecule has 3 atom stereocenters. The van der Waals surface area contributed by atoms with Gasteiger partial charge in [-0.2, -0.15) is 0 Å². The van der Waals surface area contributed by atoms with E-state index in [0.717, 1.165) is 50.3 Å². The van der Waals surface area contributed by atoms with Crippen LogP contribution in [0.5, 0.6) is 0 Å². The molecule has 1 unspecified atom stereocenters. The van der Waals surface area contributed by atoms with Gasteiger partial charge in [0.05, 0.1) is 0 Å². The van der Waals surface area contributed by atoms with Gasteiger partial charge >= 0.3 is 0 Å². The van der Waals surface area contributed by atoms with Gasteiger partial charge in [0.15, 0.2) is 0 Å². The summed E-state index contributed by atoms with van der Waals surface area (Å²) in [5, 5.41) is 3.62. The summed E-state index contributed by atoms with van der Waals surface area (Å²) in [6, 6.07) is 9.44. The third-order valence-electron chi connectivity index (χ3n) is 6.20. The summed E-state index contributed by atoms with van der Waals surface area (Å²) >= 11 is 0. The summed E-state index contributed by atoms with van der Waals surface area (Å²) < 4.78 is 5.39. The Kier molecular flexibility index (Phi) is 4.38. The molecule has 140 valence electrons. The van der Waals surface area contributed by atoms with Crippen molar-refractivity contribution in [1.29, 1.82) is 0 Å². The highest BCUT2D eigenvalue weighted by Crippen LogP contribution is 2.38. The minimum Gasteiger partial charge on any atom is -0.381 e. The molecule has 2 aromatic rings. The highest BCUT2D eigenvalue weighted by atomic mass is 16.5. The van der Waals surface area contributed by atoms with Crippen molar-refractivity contribution in [3.05, 3.63) is 48.5 Å². The summed E-state index contributed by atoms with van der Waals surface area (Å²) in [6.45, 7) is 3.06. The molecule has 4 saturated heterocycles. The lowest BCUT2D eigenvalue weighted by atomic mass is 9.73. The first-order chi connectivity index (χ1) is 13.3. The van der Waals surface area contributed by atoms with Gasteiger partial charge in [-0.05, 0) is 24.0 Å². The molecule has 6 nitrogen and oxygen atoms in total. The zero-order valence-corrected chi connectivity index (χ0v) is 15.3. The van der Waals surface area contributed by atoms with E-state index in [2.05, 4.69) is 44.5 Å². The molecule has 0 aliphatic carbocycles. The van der Waals surface area contributed by atoms with E-state index < -0.39 is 0 Å². The normalized spacial score (nSPS) is 27.9. The predicted molar refractivity (Wildman–Crippen MR) is 101 cm³/mol. The van der Waals surface area contributed by atoms with Crippen LogP contribution < -0.4 is 5.32 Å². The zero-order valence-electron chi connectivity index (χ0n) is 15.3. The quantitative estimate of drug-likeness (QED) is 0.900. The van der Waals surface area contributed by atoms with Crippen LogP contribution in [0.1, 0.15) is 24.3 Å². The van der Waals surface area contributed by atoms with Crippen LogP contribution in [0, 0.1) is 5.92 Å². The second-order valence-electron chi connectivity index (χ2n) is 7.78. The number of nitrogens with one attached hydrogen (secondary N) is 1. The molecule has 1 aromatic carbocycles. The third-order valence-corrected chi connectivity index (χ3v) is 6.20. The van der Waals surface area contributed by atoms with Gasteiger partial charge in [0.25, 0.3) is 0 Å². The number of carbonyl (C=O) groups excluding carboxylic acids is 1. The minimum atomic E-state index is 0.155. The van der Waals surface area contributed by atoms with Crippen LogP contribution in [0.15, 0.2) is 43.0 Å². The Morgan fingerprint density at radius 3 is 2.33 bits per heavy atom. The number of nitrogens with zero attached hydrogens (tertiary/aromatic N) is 3. The second kappa shape index (κ2) is 7.02. The van der Waals surface area contributed by atoms with Crippen LogP contribution in [-0.2, 0) is 9.53 Å². The maximum atomic E-state index is 12.8. The second-order valence-corrected chi connectivity index (χ2v) is 7.78. The van der Waals surface area contributed by atoms with Gasteiger partial charge in [0.2, 0.25) is 5.91 Å². The number of ether oxygens (including phenoxy) is 1. The summed E-state index contributed by atoms with van der Waals surface area (Å²) in [4.78, 5) is 23.1. The Bertz CT molecular complexity index is 793. The predicted octanol–water partition coefficient (Wildman–Crippen LogP) is 1.84. The standard InChI is InChI=1S/C21H24N4O2/c26-21(16-5-7-27-8-6-16)25-11-18-20(19(12-25)24-18)15-3-1-14(2-4-15)17-9-22-13-23-10-17/h1-4,9-10,13,16,18-20,24H,5-8,11-12H2/t18-,19+,20?. The highest BCUT2D eigenvalue weighted by Gasteiger charge is 2.48. The first-order valence-electron chi connectivity index (χ1n) is 9.77. The van der Waals surface area contributed by atoms with Crippen LogP contribution >= 0.6 is 0 Å². The monoisotopic (exact) mass is 364 g/mol. The first kappa shape index (κ1) is 16.8. The van der Waals surface area contributed by atoms with Gasteiger partial charge in [0.1, 0.15) is 6.33 Å². The van der Waals surface area contributed by atoms with Crippen molar-refractivity contribution in [2.24, 2.45) is 5.92 Å². The molecule has 0 spiro atoms. The number of hydrogen-bond donors (Lipinski definition) is 1. The van der Waals surface area contributed by atoms with Crippen LogP contribution in [0.25, 0.3) is 11.1 Å². The number of amides is 1. The number of piperidine rings is 1. The molecule has 2 bridgehead atoms. The largest absolute Gasteiger partial charge is 0.381 e. The van der Waals surface area contributed by atoms with E-state index in [4.69, 9.17) is 4.74 Å². The summed E-state index contributed by atoms with van der Waals surface area (Å²) in [6.07, 6.45) is 6.95. The topological polar surface area (TPSA) is 67.3 Å². The Labute approximate surface area is 159 Å². The van der Waals surface area contributed by atoms with Crippen LogP contribution in [-0.4, -0.2) is 59.2 Å². The Balaban J connectivity index is 1.25. The van der Waals surface area contributed by atoms with Gasteiger partial charge < -0.3 is 15.0 Å². The molecule has 4 fully saturated rings. The van der Waals surface area contributed by atoms with Crippen molar-refractivity contribution in [3.8, 4) is 11.1 Å². The van der Waals surface area contributed by atoms with Gasteiger partial charge in [-0.1, -0.05) is 24.3 Å². The molecule has 5 heterocycles. The van der Waals surface area contributed by atoms with Crippen molar-refractivity contribution < 1.29 is 9.53 Å². The fourth-order valence-corrected chi connectivity index (χ4v) is 4.72. The summed E-state index contributed by atoms with van der Waals surface area (Å²) in [5.41, 5.74) is 3.51. The average Bonchev–Trinajstić information content (AvgIpc) is 2.75. The van der Waals surface area contributed by atoms with E-state index in [1.165, 1.54) is 5.56 Å². The molecule has 6 heteroatoms. The van der Waals surface area contributed by atoms with Gasteiger partial charge in [-0.25, -0.2) is 9.97 Å². The van der Waals surface area contributed by atoms with Crippen molar-refractivity contribution >= 4 is 5.91 Å². The molecule has 6 rings (SSSR count). The zero-order chi connectivity index (χ0) is 18.2. The third kappa shape index (κ3) is 3.13. The van der Waals surface area contributed by atoms with Crippen molar-refractivity contribution in [1.82, 2.24) is 20.2 Å². The van der Waals surface area contributed by atoms with Crippen LogP contribution in [0.3, 0.4) is 0 Å². The van der Waals surface area contributed by atoms with E-state index >= 15 is 0 Å². The summed E-state index contributed by atoms with van der Waals surface area (Å²) in [5.74, 6) is 0.972. The number of hydrogen-bond acceptors (Lipinski definition) is 5. The SMILES string of the molecule is O=C(C1CCOCC1)N1C[C@@H]2N[C@H](C1)C2c1ccc(-c2cncnc2)cc1. The molecule has 1 aromatic heterocycles. The highest BCUT2D eigenvalue weighted by molar-refractivity contribution is 5.79. The average molecular weight is 364 g/mol. The molecular weight excluding hydrogens is 340 g/mol. The van der Waals surface area contributed by atoms with E-state index in [0.29, 0.717) is 23.9 Å². The number of carbonyl (C=O) groups is 1. The molecule has 1 amide bonds. The van der Waals surface area contributed by atoms with E-state index in [-0.39, 0.29) is 5.92 Å². The molecule has 0 saturated carbocycles. The Morgan fingerprint density at radius 2 is 1.67 bits per heavy atom. The molecule has 27 heavy (non-hydrogen) atoms. The number of rotatable bonds is 3. The van der Waals surface area contributed by atoms with Crippen molar-refractivity contribution in [2.45, 2.75) is 30.8 Å². The van der Waals surface area contributed by atoms with Gasteiger partial charge in [-0.15, -0.1) is 0 Å². The molecule has 1 N–H and O–H groups in total. The number of fused-ring (bicyclic) bond motifs is 2. The fraction of sp³-hybridized carbons (Fsp3) is 0.476. The first-order valence-corrected chi connectivity index (χ1v) is 9.77. The molecule has 4 aliphatic heterocycles. The van der Waals surface area contributed by atoms with Crippen molar-refractivity contribution in [2.75, 3.05) is 26.3 Å². The number of aromatic nitrogens is 2. The van der Waals surface area contributed by atoms with E-state index in [1.807, 2.05) is 12.4 Å². The lowest BCUT2D eigenvalue weighted by molar-refractivity contribution is -0.143. The smallest absolute Gasteiger partial charge is 0.225 e. The maximum Gasteiger partial charge on any atom is 0.225 e. The van der Waals surface area contributed by atoms with E-state index in [1.54, 1.807) is 6.33 Å². The number of benzene rings is 1. The fourth-order valence-electron chi connectivity index (χ4n) is 4.72. The number of piperazine rings is 1. The summed E-state index contributed by atoms with van der Waals surface area (Å²) in [7, 11) is 0. The maximum absolute atomic E-state index is 12.8. The lowest BCUT2D eigenvalue weighted by Crippen LogP contribution is -2.72. The lowest BCUT2D eigenvalue weighted by Gasteiger charge is -2.55. The minimum absolute atomic E-state index is 0.155. The van der Waals surface area contributed by atoms with Crippen LogP contribution in [0.2, 0.25) is 0 Å². The molecule has 4 aliphatic rings. The molecule has 0 radical (unpaired) electrons. The van der Waals surface area contributed by atoms with E-state index in [9.17, 15) is 4.79 Å². The Morgan fingerprint density at radius 1 is 1.00 bits per heavy atom. The Hall–Kier alpha value is -2.31. The van der Waals surface area contributed by atoms with Gasteiger partial charge in [-0.3, -0.25) is 4.79 Å². The molecular formula is C21H24N4O2. The van der Waals surface area contributed by atoms with Crippen LogP contribution in [0.4, 0.5) is 0 Å².